The summed E-state index contributed by atoms with van der Waals surface area (Å²) in [5, 5.41) is 20.5. The second-order valence-corrected chi connectivity index (χ2v) is 9.22. The first-order valence-corrected chi connectivity index (χ1v) is 9.31. The molecule has 8 atom stereocenters. The maximum Gasteiger partial charge on any atom is 0.0596 e. The third-order valence-corrected chi connectivity index (χ3v) is 8.59. The predicted octanol–water partition coefficient (Wildman–Crippen LogP) is 3.75. The molecule has 4 saturated carbocycles. The number of hydrogen-bond acceptors (Lipinski definition) is 2. The van der Waals surface area contributed by atoms with Gasteiger partial charge in [0.05, 0.1) is 12.2 Å². The molecule has 2 nitrogen and oxygen atoms in total. The van der Waals surface area contributed by atoms with Crippen molar-refractivity contribution < 1.29 is 10.2 Å². The topological polar surface area (TPSA) is 40.5 Å². The summed E-state index contributed by atoms with van der Waals surface area (Å²) in [5.74, 6) is 3.21. The van der Waals surface area contributed by atoms with Crippen molar-refractivity contribution in [2.45, 2.75) is 83.8 Å². The largest absolute Gasteiger partial charge is 0.393 e. The summed E-state index contributed by atoms with van der Waals surface area (Å²) in [4.78, 5) is 0. The van der Waals surface area contributed by atoms with E-state index in [4.69, 9.17) is 0 Å². The zero-order valence-corrected chi connectivity index (χ0v) is 13.7. The molecule has 0 aromatic carbocycles. The van der Waals surface area contributed by atoms with Crippen LogP contribution in [-0.4, -0.2) is 22.4 Å². The fourth-order valence-electron chi connectivity index (χ4n) is 7.21. The van der Waals surface area contributed by atoms with Crippen molar-refractivity contribution in [2.75, 3.05) is 0 Å². The van der Waals surface area contributed by atoms with Gasteiger partial charge in [-0.2, -0.15) is 0 Å². The smallest absolute Gasteiger partial charge is 0.0596 e. The summed E-state index contributed by atoms with van der Waals surface area (Å²) in [6, 6.07) is 0. The Balaban J connectivity index is 1.62. The van der Waals surface area contributed by atoms with Crippen LogP contribution in [0.25, 0.3) is 0 Å². The van der Waals surface area contributed by atoms with Gasteiger partial charge in [-0.15, -0.1) is 0 Å². The first-order chi connectivity index (χ1) is 9.95. The van der Waals surface area contributed by atoms with E-state index in [1.165, 1.54) is 38.5 Å². The molecule has 0 aromatic rings. The molecule has 0 aromatic heterocycles. The average molecular weight is 292 g/mol. The first kappa shape index (κ1) is 14.5. The van der Waals surface area contributed by atoms with Crippen LogP contribution in [0.3, 0.4) is 0 Å². The number of rotatable bonds is 0. The van der Waals surface area contributed by atoms with Gasteiger partial charge in [-0.1, -0.05) is 13.8 Å². The molecule has 0 radical (unpaired) electrons. The zero-order chi connectivity index (χ0) is 14.8. The van der Waals surface area contributed by atoms with Crippen molar-refractivity contribution >= 4 is 0 Å². The fourth-order valence-corrected chi connectivity index (χ4v) is 7.21. The third-order valence-electron chi connectivity index (χ3n) is 8.59. The van der Waals surface area contributed by atoms with E-state index in [9.17, 15) is 10.2 Å². The summed E-state index contributed by atoms with van der Waals surface area (Å²) in [6.45, 7) is 4.90. The minimum absolute atomic E-state index is 0.0400. The van der Waals surface area contributed by atoms with Gasteiger partial charge in [0.1, 0.15) is 0 Å². The van der Waals surface area contributed by atoms with Crippen molar-refractivity contribution in [3.8, 4) is 0 Å². The Kier molecular flexibility index (Phi) is 3.25. The summed E-state index contributed by atoms with van der Waals surface area (Å²) in [7, 11) is 0. The molecule has 4 aliphatic rings. The molecule has 120 valence electrons. The second-order valence-electron chi connectivity index (χ2n) is 9.22. The number of fused-ring (bicyclic) bond motifs is 5. The molecule has 2 heteroatoms. The van der Waals surface area contributed by atoms with E-state index in [2.05, 4.69) is 13.8 Å². The Hall–Kier alpha value is -0.0800. The van der Waals surface area contributed by atoms with Crippen LogP contribution in [0.1, 0.15) is 71.6 Å². The highest BCUT2D eigenvalue weighted by Crippen LogP contribution is 2.66. The van der Waals surface area contributed by atoms with E-state index in [1.807, 2.05) is 0 Å². The standard InChI is InChI=1S/C19H32O2/c1-18-9-7-13(20)11-12(18)3-4-14-15-5-6-17(21)19(15,2)10-8-16(14)18/h12-17,20-21H,3-11H2,1-2H3/t12-,13+,14-,15-,16-,17-,18-,19-/m1/s1. The van der Waals surface area contributed by atoms with Crippen LogP contribution >= 0.6 is 0 Å². The molecule has 21 heavy (non-hydrogen) atoms. The van der Waals surface area contributed by atoms with Crippen LogP contribution in [0.2, 0.25) is 0 Å². The molecule has 2 N–H and O–H groups in total. The van der Waals surface area contributed by atoms with E-state index < -0.39 is 0 Å². The highest BCUT2D eigenvalue weighted by atomic mass is 16.3. The molecule has 0 spiro atoms. The van der Waals surface area contributed by atoms with E-state index in [0.29, 0.717) is 5.41 Å². The quantitative estimate of drug-likeness (QED) is 0.714. The summed E-state index contributed by atoms with van der Waals surface area (Å²) < 4.78 is 0. The molecule has 0 aliphatic heterocycles. The molecule has 4 fully saturated rings. The Morgan fingerprint density at radius 2 is 1.48 bits per heavy atom. The van der Waals surface area contributed by atoms with E-state index in [-0.39, 0.29) is 17.6 Å². The third kappa shape index (κ3) is 1.91. The lowest BCUT2D eigenvalue weighted by Crippen LogP contribution is -2.54. The maximum atomic E-state index is 10.5. The van der Waals surface area contributed by atoms with E-state index in [1.54, 1.807) is 0 Å². The molecular weight excluding hydrogens is 260 g/mol. The molecule has 4 rings (SSSR count). The van der Waals surface area contributed by atoms with Gasteiger partial charge >= 0.3 is 0 Å². The Morgan fingerprint density at radius 1 is 0.762 bits per heavy atom. The van der Waals surface area contributed by atoms with Crippen molar-refractivity contribution in [3.05, 3.63) is 0 Å². The van der Waals surface area contributed by atoms with Crippen molar-refractivity contribution in [3.63, 3.8) is 0 Å². The minimum Gasteiger partial charge on any atom is -0.393 e. The van der Waals surface area contributed by atoms with Crippen LogP contribution in [0.4, 0.5) is 0 Å². The fraction of sp³-hybridized carbons (Fsp3) is 1.00. The molecule has 0 unspecified atom stereocenters. The average Bonchev–Trinajstić information content (AvgIpc) is 2.76. The molecule has 0 bridgehead atoms. The van der Waals surface area contributed by atoms with Crippen LogP contribution in [0.5, 0.6) is 0 Å². The van der Waals surface area contributed by atoms with Gasteiger partial charge in [0, 0.05) is 0 Å². The number of aliphatic hydroxyl groups is 2. The van der Waals surface area contributed by atoms with Gasteiger partial charge in [0.15, 0.2) is 0 Å². The van der Waals surface area contributed by atoms with Crippen LogP contribution in [-0.2, 0) is 0 Å². The zero-order valence-electron chi connectivity index (χ0n) is 13.7. The highest BCUT2D eigenvalue weighted by Gasteiger charge is 2.59. The lowest BCUT2D eigenvalue weighted by atomic mass is 9.45. The van der Waals surface area contributed by atoms with Gasteiger partial charge in [0.2, 0.25) is 0 Å². The number of hydrogen-bond donors (Lipinski definition) is 2. The van der Waals surface area contributed by atoms with Gasteiger partial charge < -0.3 is 10.2 Å². The molecule has 0 amide bonds. The molecule has 0 saturated heterocycles. The molecular formula is C19H32O2. The summed E-state index contributed by atoms with van der Waals surface area (Å²) >= 11 is 0. The lowest BCUT2D eigenvalue weighted by molar-refractivity contribution is -0.133. The summed E-state index contributed by atoms with van der Waals surface area (Å²) in [6.07, 6.45) is 10.7. The van der Waals surface area contributed by atoms with Crippen LogP contribution in [0.15, 0.2) is 0 Å². The normalized spacial score (nSPS) is 60.0. The SMILES string of the molecule is C[C@@]12CC[C@@H]3[C@H](CC[C@@H]4C[C@@H](O)CC[C@]43C)[C@H]1CC[C@H]2O. The Morgan fingerprint density at radius 3 is 2.29 bits per heavy atom. The second kappa shape index (κ2) is 4.71. The monoisotopic (exact) mass is 292 g/mol. The van der Waals surface area contributed by atoms with E-state index >= 15 is 0 Å². The minimum atomic E-state index is -0.0536. The lowest BCUT2D eigenvalue weighted by Gasteiger charge is -2.60. The Labute approximate surface area is 129 Å². The molecule has 4 aliphatic carbocycles. The van der Waals surface area contributed by atoms with Crippen LogP contribution in [0, 0.1) is 34.5 Å². The predicted molar refractivity (Wildman–Crippen MR) is 83.7 cm³/mol. The van der Waals surface area contributed by atoms with Crippen LogP contribution < -0.4 is 0 Å². The highest BCUT2D eigenvalue weighted by molar-refractivity contribution is 5.09. The Bertz CT molecular complexity index is 422. The summed E-state index contributed by atoms with van der Waals surface area (Å²) in [5.41, 5.74) is 0.676. The first-order valence-electron chi connectivity index (χ1n) is 9.31. The van der Waals surface area contributed by atoms with Crippen molar-refractivity contribution in [1.82, 2.24) is 0 Å². The maximum absolute atomic E-state index is 10.5. The molecule has 0 heterocycles. The van der Waals surface area contributed by atoms with E-state index in [0.717, 1.165) is 42.9 Å². The van der Waals surface area contributed by atoms with Crippen molar-refractivity contribution in [2.24, 2.45) is 34.5 Å². The van der Waals surface area contributed by atoms with Crippen molar-refractivity contribution in [1.29, 1.82) is 0 Å². The van der Waals surface area contributed by atoms with Gasteiger partial charge in [-0.05, 0) is 92.3 Å². The van der Waals surface area contributed by atoms with Gasteiger partial charge in [-0.3, -0.25) is 0 Å². The van der Waals surface area contributed by atoms with Gasteiger partial charge in [-0.25, -0.2) is 0 Å². The number of aliphatic hydroxyl groups excluding tert-OH is 2. The van der Waals surface area contributed by atoms with Gasteiger partial charge in [0.25, 0.3) is 0 Å².